The Morgan fingerprint density at radius 2 is 1.75 bits per heavy atom. The molecule has 1 saturated carbocycles. The van der Waals surface area contributed by atoms with Crippen LogP contribution in [0.5, 0.6) is 11.5 Å². The van der Waals surface area contributed by atoms with Crippen molar-refractivity contribution in [1.29, 1.82) is 0 Å². The van der Waals surface area contributed by atoms with Crippen LogP contribution in [0.25, 0.3) is 0 Å². The first-order valence-electron chi connectivity index (χ1n) is 11.4. The number of benzene rings is 1. The average Bonchev–Trinajstić information content (AvgIpc) is 3.08. The van der Waals surface area contributed by atoms with Crippen LogP contribution in [0.15, 0.2) is 0 Å². The number of ether oxygens (including phenoxy) is 4. The predicted molar refractivity (Wildman–Crippen MR) is 115 cm³/mol. The van der Waals surface area contributed by atoms with Crippen molar-refractivity contribution >= 4 is 11.9 Å². The van der Waals surface area contributed by atoms with E-state index in [2.05, 4.69) is 13.8 Å². The third kappa shape index (κ3) is 2.46. The lowest BCUT2D eigenvalue weighted by Crippen LogP contribution is -2.71. The summed E-state index contributed by atoms with van der Waals surface area (Å²) in [5, 5.41) is 12.1. The van der Waals surface area contributed by atoms with Crippen molar-refractivity contribution < 1.29 is 33.6 Å². The van der Waals surface area contributed by atoms with Gasteiger partial charge in [0.2, 0.25) is 0 Å². The molecular weight excluding hydrogens is 412 g/mol. The molecule has 1 aromatic carbocycles. The van der Waals surface area contributed by atoms with Crippen LogP contribution in [0.1, 0.15) is 80.4 Å². The molecule has 4 aliphatic rings. The number of cyclic esters (lactones) is 2. The SMILES string of the molecule is COc1c2c(c(C)c3c1C(=O)OC3)OC1(C)CCC3(O)C(C)(C)OC(=O)CCC3(C)C1C2. The number of hydrogen-bond donors (Lipinski definition) is 1. The highest BCUT2D eigenvalue weighted by atomic mass is 16.6. The molecule has 32 heavy (non-hydrogen) atoms. The molecule has 7 nitrogen and oxygen atoms in total. The summed E-state index contributed by atoms with van der Waals surface area (Å²) in [4.78, 5) is 24.9. The number of esters is 2. The molecule has 7 heteroatoms. The maximum Gasteiger partial charge on any atom is 0.342 e. The van der Waals surface area contributed by atoms with E-state index in [4.69, 9.17) is 18.9 Å². The molecule has 4 atom stereocenters. The summed E-state index contributed by atoms with van der Waals surface area (Å²) in [6, 6.07) is 0. The van der Waals surface area contributed by atoms with Crippen molar-refractivity contribution in [1.82, 2.24) is 0 Å². The van der Waals surface area contributed by atoms with Crippen molar-refractivity contribution in [3.63, 3.8) is 0 Å². The minimum absolute atomic E-state index is 0.112. The monoisotopic (exact) mass is 444 g/mol. The molecular formula is C25H32O7. The van der Waals surface area contributed by atoms with Gasteiger partial charge in [0.15, 0.2) is 0 Å². The minimum atomic E-state index is -1.21. The number of carbonyl (C=O) groups excluding carboxylic acids is 2. The predicted octanol–water partition coefficient (Wildman–Crippen LogP) is 3.63. The van der Waals surface area contributed by atoms with Gasteiger partial charge in [-0.3, -0.25) is 4.79 Å². The maximum absolute atomic E-state index is 12.5. The maximum atomic E-state index is 12.5. The molecule has 0 bridgehead atoms. The Morgan fingerprint density at radius 3 is 2.44 bits per heavy atom. The van der Waals surface area contributed by atoms with Gasteiger partial charge in [-0.15, -0.1) is 0 Å². The van der Waals surface area contributed by atoms with E-state index < -0.39 is 22.2 Å². The summed E-state index contributed by atoms with van der Waals surface area (Å²) >= 11 is 0. The van der Waals surface area contributed by atoms with Gasteiger partial charge < -0.3 is 24.1 Å². The summed E-state index contributed by atoms with van der Waals surface area (Å²) < 4.78 is 23.6. The highest BCUT2D eigenvalue weighted by molar-refractivity contribution is 5.98. The zero-order chi connectivity index (χ0) is 23.3. The van der Waals surface area contributed by atoms with Gasteiger partial charge in [0.05, 0.1) is 7.11 Å². The average molecular weight is 445 g/mol. The normalized spacial score (nSPS) is 37.0. The lowest BCUT2D eigenvalue weighted by molar-refractivity contribution is -0.262. The van der Waals surface area contributed by atoms with E-state index in [1.165, 1.54) is 0 Å². The van der Waals surface area contributed by atoms with Crippen LogP contribution in [0, 0.1) is 18.3 Å². The zero-order valence-corrected chi connectivity index (χ0v) is 19.7. The van der Waals surface area contributed by atoms with Crippen LogP contribution >= 0.6 is 0 Å². The van der Waals surface area contributed by atoms with Crippen LogP contribution in [0.2, 0.25) is 0 Å². The second kappa shape index (κ2) is 6.40. The fourth-order valence-corrected chi connectivity index (χ4v) is 7.10. The number of fused-ring (bicyclic) bond motifs is 5. The number of carbonyl (C=O) groups is 2. The number of aliphatic hydroxyl groups is 1. The van der Waals surface area contributed by atoms with Gasteiger partial charge in [0.1, 0.15) is 40.5 Å². The van der Waals surface area contributed by atoms with Crippen molar-refractivity contribution in [3.8, 4) is 11.5 Å². The lowest BCUT2D eigenvalue weighted by Gasteiger charge is -2.63. The number of hydrogen-bond acceptors (Lipinski definition) is 7. The number of methoxy groups -OCH3 is 1. The Morgan fingerprint density at radius 1 is 1.03 bits per heavy atom. The standard InChI is InChI=1S/C25H32O7/c1-13-15-12-30-21(27)18(15)20(29-6)14-11-16-23(4)8-7-17(26)31-22(2,3)25(23,28)10-9-24(16,5)32-19(13)14/h16,28H,7-12H2,1-6H3. The molecule has 0 amide bonds. The van der Waals surface area contributed by atoms with E-state index in [1.54, 1.807) is 7.11 Å². The van der Waals surface area contributed by atoms with Crippen molar-refractivity contribution in [2.75, 3.05) is 7.11 Å². The Hall–Kier alpha value is -2.28. The van der Waals surface area contributed by atoms with E-state index >= 15 is 0 Å². The van der Waals surface area contributed by atoms with Gasteiger partial charge in [0.25, 0.3) is 0 Å². The summed E-state index contributed by atoms with van der Waals surface area (Å²) in [5.74, 6) is 0.484. The van der Waals surface area contributed by atoms with Gasteiger partial charge in [-0.2, -0.15) is 0 Å². The van der Waals surface area contributed by atoms with Crippen molar-refractivity contribution in [3.05, 3.63) is 22.3 Å². The van der Waals surface area contributed by atoms with Gasteiger partial charge in [-0.05, 0) is 58.9 Å². The molecule has 174 valence electrons. The Bertz CT molecular complexity index is 1040. The smallest absolute Gasteiger partial charge is 0.342 e. The fourth-order valence-electron chi connectivity index (χ4n) is 7.10. The van der Waals surface area contributed by atoms with Crippen molar-refractivity contribution in [2.45, 2.75) is 90.1 Å². The molecule has 4 unspecified atom stereocenters. The molecule has 1 N–H and O–H groups in total. The summed E-state index contributed by atoms with van der Waals surface area (Å²) in [6.45, 7) is 9.97. The Balaban J connectivity index is 1.70. The second-order valence-electron chi connectivity index (χ2n) is 10.8. The van der Waals surface area contributed by atoms with Gasteiger partial charge >= 0.3 is 11.9 Å². The molecule has 2 fully saturated rings. The van der Waals surface area contributed by atoms with Crippen LogP contribution in [-0.4, -0.2) is 41.0 Å². The van der Waals surface area contributed by atoms with Crippen LogP contribution in [0.4, 0.5) is 0 Å². The van der Waals surface area contributed by atoms with Crippen LogP contribution in [-0.2, 0) is 27.3 Å². The third-order valence-electron chi connectivity index (χ3n) is 9.02. The van der Waals surface area contributed by atoms with E-state index in [-0.39, 0.29) is 30.9 Å². The molecule has 5 rings (SSSR count). The highest BCUT2D eigenvalue weighted by Gasteiger charge is 2.69. The topological polar surface area (TPSA) is 91.3 Å². The molecule has 3 aliphatic heterocycles. The quantitative estimate of drug-likeness (QED) is 0.662. The Kier molecular flexibility index (Phi) is 4.31. The van der Waals surface area contributed by atoms with Crippen molar-refractivity contribution in [2.24, 2.45) is 11.3 Å². The molecule has 1 saturated heterocycles. The summed E-state index contributed by atoms with van der Waals surface area (Å²) in [7, 11) is 1.56. The molecule has 3 heterocycles. The Labute approximate surface area is 188 Å². The lowest BCUT2D eigenvalue weighted by atomic mass is 9.47. The molecule has 0 aromatic heterocycles. The van der Waals surface area contributed by atoms with E-state index in [0.717, 1.165) is 22.4 Å². The molecule has 1 aromatic rings. The van der Waals surface area contributed by atoms with E-state index in [1.807, 2.05) is 20.8 Å². The van der Waals surface area contributed by atoms with Gasteiger partial charge in [-0.25, -0.2) is 4.79 Å². The number of rotatable bonds is 1. The minimum Gasteiger partial charge on any atom is -0.495 e. The summed E-state index contributed by atoms with van der Waals surface area (Å²) in [6.07, 6.45) is 2.40. The molecule has 0 spiro atoms. The second-order valence-corrected chi connectivity index (χ2v) is 10.8. The highest BCUT2D eigenvalue weighted by Crippen LogP contribution is 2.64. The van der Waals surface area contributed by atoms with Gasteiger partial charge in [-0.1, -0.05) is 6.92 Å². The molecule has 1 aliphatic carbocycles. The third-order valence-corrected chi connectivity index (χ3v) is 9.02. The van der Waals surface area contributed by atoms with E-state index in [0.29, 0.717) is 37.0 Å². The largest absolute Gasteiger partial charge is 0.495 e. The van der Waals surface area contributed by atoms with Gasteiger partial charge in [0, 0.05) is 28.9 Å². The van der Waals surface area contributed by atoms with Crippen LogP contribution < -0.4 is 9.47 Å². The zero-order valence-electron chi connectivity index (χ0n) is 19.7. The first kappa shape index (κ1) is 21.6. The first-order valence-corrected chi connectivity index (χ1v) is 11.4. The van der Waals surface area contributed by atoms with Crippen LogP contribution in [0.3, 0.4) is 0 Å². The fraction of sp³-hybridized carbons (Fsp3) is 0.680. The first-order chi connectivity index (χ1) is 14.9. The molecule has 0 radical (unpaired) electrons. The summed E-state index contributed by atoms with van der Waals surface area (Å²) in [5.41, 5.74) is -0.380. The van der Waals surface area contributed by atoms with E-state index in [9.17, 15) is 14.7 Å².